The van der Waals surface area contributed by atoms with Crippen LogP contribution in [0.5, 0.6) is 0 Å². The molecule has 0 atom stereocenters. The highest BCUT2D eigenvalue weighted by molar-refractivity contribution is 6.29. The third-order valence-corrected chi connectivity index (χ3v) is 3.87. The minimum absolute atomic E-state index is 0.0774. The summed E-state index contributed by atoms with van der Waals surface area (Å²) in [4.78, 5) is 32.7. The second kappa shape index (κ2) is 5.65. The van der Waals surface area contributed by atoms with E-state index >= 15 is 0 Å². The largest absolute Gasteiger partial charge is 0.337 e. The van der Waals surface area contributed by atoms with Gasteiger partial charge in [-0.25, -0.2) is 4.79 Å². The molecule has 122 valence electrons. The molecule has 23 heavy (non-hydrogen) atoms. The first-order valence-corrected chi connectivity index (χ1v) is 7.45. The summed E-state index contributed by atoms with van der Waals surface area (Å²) in [6.07, 6.45) is 1.61. The van der Waals surface area contributed by atoms with Crippen LogP contribution in [-0.2, 0) is 27.1 Å². The molecule has 0 unspecified atom stereocenters. The van der Waals surface area contributed by atoms with Gasteiger partial charge >= 0.3 is 5.69 Å². The van der Waals surface area contributed by atoms with E-state index < -0.39 is 11.2 Å². The number of aryl methyl sites for hydroxylation is 2. The number of rotatable bonds is 4. The predicted octanol–water partition coefficient (Wildman–Crippen LogP) is 0.471. The van der Waals surface area contributed by atoms with Crippen LogP contribution in [0.25, 0.3) is 11.2 Å². The van der Waals surface area contributed by atoms with Gasteiger partial charge in [0.25, 0.3) is 5.56 Å². The fourth-order valence-electron chi connectivity index (χ4n) is 2.38. The van der Waals surface area contributed by atoms with E-state index in [-0.39, 0.29) is 23.0 Å². The van der Waals surface area contributed by atoms with Crippen LogP contribution >= 0.6 is 11.6 Å². The molecule has 0 aliphatic carbocycles. The highest BCUT2D eigenvalue weighted by Crippen LogP contribution is 2.17. The SMILES string of the molecule is CCCc1noc(Cn2c(Cl)nc3c2c(=O)n(C)c(=O)n3C)n1. The van der Waals surface area contributed by atoms with Gasteiger partial charge < -0.3 is 4.52 Å². The first-order chi connectivity index (χ1) is 10.9. The summed E-state index contributed by atoms with van der Waals surface area (Å²) < 4.78 is 8.91. The smallest absolute Gasteiger partial charge is 0.332 e. The molecule has 3 aromatic rings. The number of fused-ring (bicyclic) bond motifs is 1. The number of hydrogen-bond acceptors (Lipinski definition) is 6. The lowest BCUT2D eigenvalue weighted by molar-refractivity contribution is 0.367. The molecule has 0 fully saturated rings. The quantitative estimate of drug-likeness (QED) is 0.641. The first kappa shape index (κ1) is 15.5. The molecule has 0 saturated heterocycles. The molecule has 0 aliphatic heterocycles. The summed E-state index contributed by atoms with van der Waals surface area (Å²) in [6.45, 7) is 2.12. The maximum atomic E-state index is 12.4. The van der Waals surface area contributed by atoms with Gasteiger partial charge in [-0.05, 0) is 18.0 Å². The van der Waals surface area contributed by atoms with Gasteiger partial charge in [-0.2, -0.15) is 9.97 Å². The molecule has 0 aromatic carbocycles. The van der Waals surface area contributed by atoms with Crippen molar-refractivity contribution in [3.63, 3.8) is 0 Å². The Morgan fingerprint density at radius 1 is 1.17 bits per heavy atom. The van der Waals surface area contributed by atoms with E-state index in [0.29, 0.717) is 18.1 Å². The Morgan fingerprint density at radius 2 is 1.91 bits per heavy atom. The normalized spacial score (nSPS) is 11.5. The van der Waals surface area contributed by atoms with Gasteiger partial charge in [0, 0.05) is 20.5 Å². The molecule has 0 aliphatic rings. The van der Waals surface area contributed by atoms with Crippen molar-refractivity contribution in [2.75, 3.05) is 0 Å². The lowest BCUT2D eigenvalue weighted by Crippen LogP contribution is -2.37. The van der Waals surface area contributed by atoms with Crippen LogP contribution in [-0.4, -0.2) is 28.8 Å². The van der Waals surface area contributed by atoms with E-state index in [1.807, 2.05) is 6.92 Å². The average molecular weight is 339 g/mol. The van der Waals surface area contributed by atoms with Crippen molar-refractivity contribution >= 4 is 22.8 Å². The molecule has 3 rings (SSSR count). The van der Waals surface area contributed by atoms with Crippen LogP contribution in [0.4, 0.5) is 0 Å². The Hall–Kier alpha value is -2.42. The van der Waals surface area contributed by atoms with Crippen molar-refractivity contribution in [3.8, 4) is 0 Å². The van der Waals surface area contributed by atoms with Gasteiger partial charge in [-0.1, -0.05) is 12.1 Å². The van der Waals surface area contributed by atoms with Gasteiger partial charge in [0.05, 0.1) is 0 Å². The van der Waals surface area contributed by atoms with E-state index in [1.54, 1.807) is 0 Å². The summed E-state index contributed by atoms with van der Waals surface area (Å²) >= 11 is 6.13. The second-order valence-corrected chi connectivity index (χ2v) is 5.54. The number of hydrogen-bond donors (Lipinski definition) is 0. The van der Waals surface area contributed by atoms with E-state index in [4.69, 9.17) is 16.1 Å². The summed E-state index contributed by atoms with van der Waals surface area (Å²) in [5.74, 6) is 0.925. The maximum Gasteiger partial charge on any atom is 0.332 e. The van der Waals surface area contributed by atoms with Crippen molar-refractivity contribution in [1.82, 2.24) is 28.8 Å². The van der Waals surface area contributed by atoms with E-state index in [2.05, 4.69) is 15.1 Å². The number of nitrogens with zero attached hydrogens (tertiary/aromatic N) is 6. The van der Waals surface area contributed by atoms with Crippen LogP contribution in [0.15, 0.2) is 14.1 Å². The Kier molecular flexibility index (Phi) is 3.80. The van der Waals surface area contributed by atoms with Crippen LogP contribution in [0.3, 0.4) is 0 Å². The third kappa shape index (κ3) is 2.46. The molecule has 0 bridgehead atoms. The maximum absolute atomic E-state index is 12.4. The highest BCUT2D eigenvalue weighted by Gasteiger charge is 2.19. The number of halogens is 1. The fraction of sp³-hybridized carbons (Fsp3) is 0.462. The molecular weight excluding hydrogens is 324 g/mol. The zero-order valence-electron chi connectivity index (χ0n) is 12.9. The first-order valence-electron chi connectivity index (χ1n) is 7.07. The van der Waals surface area contributed by atoms with Crippen LogP contribution in [0, 0.1) is 0 Å². The topological polar surface area (TPSA) is 101 Å². The summed E-state index contributed by atoms with van der Waals surface area (Å²) in [5, 5.41) is 3.94. The highest BCUT2D eigenvalue weighted by atomic mass is 35.5. The fourth-order valence-corrected chi connectivity index (χ4v) is 2.60. The molecule has 0 amide bonds. The molecule has 0 radical (unpaired) electrons. The minimum atomic E-state index is -0.476. The summed E-state index contributed by atoms with van der Waals surface area (Å²) in [7, 11) is 2.94. The number of aromatic nitrogens is 6. The van der Waals surface area contributed by atoms with Crippen molar-refractivity contribution < 1.29 is 4.52 Å². The summed E-state index contributed by atoms with van der Waals surface area (Å²) in [5.41, 5.74) is -0.506. The van der Waals surface area contributed by atoms with Gasteiger partial charge in [0.1, 0.15) is 6.54 Å². The monoisotopic (exact) mass is 338 g/mol. The number of imidazole rings is 1. The predicted molar refractivity (Wildman–Crippen MR) is 82.6 cm³/mol. The molecule has 10 heteroatoms. The van der Waals surface area contributed by atoms with Crippen molar-refractivity contribution in [2.24, 2.45) is 14.1 Å². The molecule has 3 aromatic heterocycles. The van der Waals surface area contributed by atoms with E-state index in [0.717, 1.165) is 11.0 Å². The van der Waals surface area contributed by atoms with Crippen molar-refractivity contribution in [1.29, 1.82) is 0 Å². The lowest BCUT2D eigenvalue weighted by atomic mass is 10.3. The van der Waals surface area contributed by atoms with Crippen molar-refractivity contribution in [3.05, 3.63) is 37.8 Å². The van der Waals surface area contributed by atoms with Crippen LogP contribution < -0.4 is 11.2 Å². The van der Waals surface area contributed by atoms with Gasteiger partial charge in [0.2, 0.25) is 11.2 Å². The Bertz CT molecular complexity index is 996. The molecule has 0 N–H and O–H groups in total. The lowest BCUT2D eigenvalue weighted by Gasteiger charge is -2.05. The van der Waals surface area contributed by atoms with E-state index in [9.17, 15) is 9.59 Å². The van der Waals surface area contributed by atoms with Gasteiger partial charge in [-0.15, -0.1) is 0 Å². The van der Waals surface area contributed by atoms with Crippen LogP contribution in [0.2, 0.25) is 5.28 Å². The zero-order chi connectivity index (χ0) is 16.7. The Balaban J connectivity index is 2.15. The van der Waals surface area contributed by atoms with Gasteiger partial charge in [0.15, 0.2) is 17.0 Å². The molecule has 0 spiro atoms. The standard InChI is InChI=1S/C13H15ClN6O3/c1-4-5-7-15-8(23-17-7)6-20-9-10(16-12(20)14)18(2)13(22)19(3)11(9)21/h4-6H2,1-3H3. The molecule has 3 heterocycles. The Morgan fingerprint density at radius 3 is 2.61 bits per heavy atom. The average Bonchev–Trinajstić information content (AvgIpc) is 3.09. The van der Waals surface area contributed by atoms with Gasteiger partial charge in [-0.3, -0.25) is 18.5 Å². The molecule has 0 saturated carbocycles. The molecule has 9 nitrogen and oxygen atoms in total. The minimum Gasteiger partial charge on any atom is -0.337 e. The zero-order valence-corrected chi connectivity index (χ0v) is 13.7. The third-order valence-electron chi connectivity index (χ3n) is 3.58. The Labute approximate surface area is 135 Å². The van der Waals surface area contributed by atoms with Crippen molar-refractivity contribution in [2.45, 2.75) is 26.3 Å². The summed E-state index contributed by atoms with van der Waals surface area (Å²) in [6, 6.07) is 0. The van der Waals surface area contributed by atoms with E-state index in [1.165, 1.54) is 23.2 Å². The molecular formula is C13H15ClN6O3. The van der Waals surface area contributed by atoms with Crippen LogP contribution in [0.1, 0.15) is 25.1 Å². The second-order valence-electron chi connectivity index (χ2n) is 5.20.